The Balaban J connectivity index is 2.29. The fourth-order valence-corrected chi connectivity index (χ4v) is 2.34. The lowest BCUT2D eigenvalue weighted by Crippen LogP contribution is -2.33. The van der Waals surface area contributed by atoms with Crippen LogP contribution in [0.3, 0.4) is 0 Å². The Morgan fingerprint density at radius 2 is 1.91 bits per heavy atom. The van der Waals surface area contributed by atoms with Gasteiger partial charge in [0.05, 0.1) is 0 Å². The highest BCUT2D eigenvalue weighted by atomic mass is 14.4. The first-order valence-corrected chi connectivity index (χ1v) is 4.57. The van der Waals surface area contributed by atoms with E-state index in [2.05, 4.69) is 39.0 Å². The SMILES string of the molecule is CC1=CC(C)C(C)C2C=CC12. The molecule has 0 heteroatoms. The number of hydrogen-bond acceptors (Lipinski definition) is 0. The molecule has 0 saturated heterocycles. The first-order valence-electron chi connectivity index (χ1n) is 4.57. The van der Waals surface area contributed by atoms with Crippen molar-refractivity contribution in [1.82, 2.24) is 0 Å². The highest BCUT2D eigenvalue weighted by molar-refractivity contribution is 5.28. The van der Waals surface area contributed by atoms with Gasteiger partial charge in [0.2, 0.25) is 0 Å². The zero-order valence-corrected chi connectivity index (χ0v) is 7.54. The van der Waals surface area contributed by atoms with E-state index in [1.165, 1.54) is 0 Å². The molecular formula is C11H16. The van der Waals surface area contributed by atoms with Crippen molar-refractivity contribution in [1.29, 1.82) is 0 Å². The van der Waals surface area contributed by atoms with Crippen LogP contribution in [0.1, 0.15) is 20.8 Å². The Kier molecular flexibility index (Phi) is 1.45. The lowest BCUT2D eigenvalue weighted by molar-refractivity contribution is 0.260. The highest BCUT2D eigenvalue weighted by Crippen LogP contribution is 2.44. The summed E-state index contributed by atoms with van der Waals surface area (Å²) in [4.78, 5) is 0. The molecule has 0 aromatic heterocycles. The summed E-state index contributed by atoms with van der Waals surface area (Å²) >= 11 is 0. The van der Waals surface area contributed by atoms with Crippen LogP contribution in [0.5, 0.6) is 0 Å². The van der Waals surface area contributed by atoms with E-state index >= 15 is 0 Å². The fraction of sp³-hybridized carbons (Fsp3) is 0.636. The summed E-state index contributed by atoms with van der Waals surface area (Å²) in [5, 5.41) is 0. The van der Waals surface area contributed by atoms with E-state index < -0.39 is 0 Å². The van der Waals surface area contributed by atoms with Gasteiger partial charge in [-0.05, 0) is 24.7 Å². The molecule has 0 bridgehead atoms. The summed E-state index contributed by atoms with van der Waals surface area (Å²) in [5.74, 6) is 3.28. The van der Waals surface area contributed by atoms with Crippen LogP contribution < -0.4 is 0 Å². The Bertz CT molecular complexity index is 222. The second-order valence-electron chi connectivity index (χ2n) is 4.12. The standard InChI is InChI=1S/C11H16/c1-7-6-8(2)10-4-5-11(10)9(7)3/h4-7,9-11H,1-3H3. The summed E-state index contributed by atoms with van der Waals surface area (Å²) in [6.07, 6.45) is 7.16. The van der Waals surface area contributed by atoms with Crippen LogP contribution in [0.25, 0.3) is 0 Å². The van der Waals surface area contributed by atoms with Crippen molar-refractivity contribution in [2.75, 3.05) is 0 Å². The molecule has 0 aromatic carbocycles. The maximum atomic E-state index is 2.44. The van der Waals surface area contributed by atoms with E-state index in [1.54, 1.807) is 5.57 Å². The van der Waals surface area contributed by atoms with Gasteiger partial charge in [0.25, 0.3) is 0 Å². The van der Waals surface area contributed by atoms with Gasteiger partial charge in [-0.25, -0.2) is 0 Å². The first kappa shape index (κ1) is 7.15. The summed E-state index contributed by atoms with van der Waals surface area (Å²) in [5.41, 5.74) is 1.59. The third-order valence-electron chi connectivity index (χ3n) is 3.44. The smallest absolute Gasteiger partial charge is 0.00398 e. The van der Waals surface area contributed by atoms with E-state index in [-0.39, 0.29) is 0 Å². The largest absolute Gasteiger partial charge is 0.0836 e. The second-order valence-corrected chi connectivity index (χ2v) is 4.12. The van der Waals surface area contributed by atoms with Gasteiger partial charge in [0, 0.05) is 5.92 Å². The van der Waals surface area contributed by atoms with Crippen molar-refractivity contribution in [3.05, 3.63) is 23.8 Å². The lowest BCUT2D eigenvalue weighted by atomic mass is 9.63. The van der Waals surface area contributed by atoms with Gasteiger partial charge in [-0.2, -0.15) is 0 Å². The number of hydrogen-bond donors (Lipinski definition) is 0. The molecule has 4 atom stereocenters. The minimum absolute atomic E-state index is 0.779. The van der Waals surface area contributed by atoms with Gasteiger partial charge in [0.1, 0.15) is 0 Å². The van der Waals surface area contributed by atoms with Crippen LogP contribution >= 0.6 is 0 Å². The molecule has 4 unspecified atom stereocenters. The Labute approximate surface area is 69.0 Å². The van der Waals surface area contributed by atoms with Crippen molar-refractivity contribution in [2.45, 2.75) is 20.8 Å². The van der Waals surface area contributed by atoms with Crippen molar-refractivity contribution < 1.29 is 0 Å². The predicted octanol–water partition coefficient (Wildman–Crippen LogP) is 3.02. The fourth-order valence-electron chi connectivity index (χ4n) is 2.34. The minimum Gasteiger partial charge on any atom is -0.0836 e. The van der Waals surface area contributed by atoms with E-state index in [4.69, 9.17) is 0 Å². The van der Waals surface area contributed by atoms with Gasteiger partial charge in [0.15, 0.2) is 0 Å². The molecule has 0 radical (unpaired) electrons. The molecule has 2 rings (SSSR count). The molecule has 0 fully saturated rings. The number of rotatable bonds is 0. The Morgan fingerprint density at radius 1 is 1.18 bits per heavy atom. The third-order valence-corrected chi connectivity index (χ3v) is 3.44. The second kappa shape index (κ2) is 2.23. The van der Waals surface area contributed by atoms with Gasteiger partial charge in [-0.15, -0.1) is 0 Å². The minimum atomic E-state index is 0.779. The monoisotopic (exact) mass is 148 g/mol. The molecule has 2 aliphatic rings. The summed E-state index contributed by atoms with van der Waals surface area (Å²) in [7, 11) is 0. The molecule has 0 spiro atoms. The Morgan fingerprint density at radius 3 is 2.45 bits per heavy atom. The quantitative estimate of drug-likeness (QED) is 0.463. The van der Waals surface area contributed by atoms with Crippen molar-refractivity contribution in [3.8, 4) is 0 Å². The van der Waals surface area contributed by atoms with Crippen LogP contribution in [-0.4, -0.2) is 0 Å². The topological polar surface area (TPSA) is 0 Å². The Hall–Kier alpha value is -0.520. The van der Waals surface area contributed by atoms with Gasteiger partial charge < -0.3 is 0 Å². The molecular weight excluding hydrogens is 132 g/mol. The molecule has 60 valence electrons. The maximum absolute atomic E-state index is 2.44. The van der Waals surface area contributed by atoms with Crippen LogP contribution in [0.15, 0.2) is 23.8 Å². The van der Waals surface area contributed by atoms with Gasteiger partial charge in [-0.3, -0.25) is 0 Å². The molecule has 0 nitrogen and oxygen atoms in total. The summed E-state index contributed by atoms with van der Waals surface area (Å²) < 4.78 is 0. The van der Waals surface area contributed by atoms with Gasteiger partial charge >= 0.3 is 0 Å². The lowest BCUT2D eigenvalue weighted by Gasteiger charge is -2.41. The molecule has 0 aliphatic heterocycles. The van der Waals surface area contributed by atoms with Crippen LogP contribution in [0.4, 0.5) is 0 Å². The van der Waals surface area contributed by atoms with Crippen molar-refractivity contribution >= 4 is 0 Å². The molecule has 11 heavy (non-hydrogen) atoms. The average molecular weight is 148 g/mol. The van der Waals surface area contributed by atoms with E-state index in [0.717, 1.165) is 23.7 Å². The number of fused-ring (bicyclic) bond motifs is 1. The molecule has 0 aromatic rings. The first-order chi connectivity index (χ1) is 5.20. The molecule has 0 amide bonds. The van der Waals surface area contributed by atoms with E-state index in [0.29, 0.717) is 0 Å². The molecule has 0 N–H and O–H groups in total. The van der Waals surface area contributed by atoms with E-state index in [9.17, 15) is 0 Å². The maximum Gasteiger partial charge on any atom is 0.00398 e. The van der Waals surface area contributed by atoms with Crippen molar-refractivity contribution in [2.24, 2.45) is 23.7 Å². The zero-order chi connectivity index (χ0) is 8.01. The number of allylic oxidation sites excluding steroid dienone is 4. The summed E-state index contributed by atoms with van der Waals surface area (Å²) in [6.45, 7) is 6.97. The van der Waals surface area contributed by atoms with Crippen LogP contribution in [-0.2, 0) is 0 Å². The van der Waals surface area contributed by atoms with Crippen LogP contribution in [0.2, 0.25) is 0 Å². The summed E-state index contributed by atoms with van der Waals surface area (Å²) in [6, 6.07) is 0. The van der Waals surface area contributed by atoms with Crippen LogP contribution in [0, 0.1) is 23.7 Å². The average Bonchev–Trinajstić information content (AvgIpc) is 1.81. The third kappa shape index (κ3) is 0.885. The highest BCUT2D eigenvalue weighted by Gasteiger charge is 2.35. The predicted molar refractivity (Wildman–Crippen MR) is 48.2 cm³/mol. The molecule has 0 heterocycles. The van der Waals surface area contributed by atoms with Gasteiger partial charge in [-0.1, -0.05) is 37.6 Å². The molecule has 2 aliphatic carbocycles. The normalized spacial score (nSPS) is 47.7. The molecule has 0 saturated carbocycles. The van der Waals surface area contributed by atoms with E-state index in [1.807, 2.05) is 0 Å². The van der Waals surface area contributed by atoms with Crippen molar-refractivity contribution in [3.63, 3.8) is 0 Å². The zero-order valence-electron chi connectivity index (χ0n) is 7.54.